The molecule has 0 atom stereocenters. The molecule has 2 aromatic rings. The largest absolute Gasteiger partial charge is 0.394 e. The zero-order chi connectivity index (χ0) is 22.1. The first-order valence-corrected chi connectivity index (χ1v) is 9.59. The van der Waals surface area contributed by atoms with Crippen LogP contribution in [0.25, 0.3) is 0 Å². The molecule has 0 saturated carbocycles. The van der Waals surface area contributed by atoms with E-state index in [4.69, 9.17) is 0 Å². The smallest absolute Gasteiger partial charge is 0.294 e. The molecule has 0 radical (unpaired) electrons. The fraction of sp³-hybridized carbons (Fsp3) is 0.381. The summed E-state index contributed by atoms with van der Waals surface area (Å²) in [5.41, 5.74) is -0.0102. The molecule has 2 heterocycles. The molecule has 1 aromatic carbocycles. The van der Waals surface area contributed by atoms with Gasteiger partial charge >= 0.3 is 0 Å². The number of rotatable bonds is 6. The topological polar surface area (TPSA) is 100 Å². The van der Waals surface area contributed by atoms with Crippen molar-refractivity contribution in [2.45, 2.75) is 45.2 Å². The first-order chi connectivity index (χ1) is 14.1. The Kier molecular flexibility index (Phi) is 6.02. The first kappa shape index (κ1) is 21.6. The normalized spacial score (nSPS) is 13.5. The van der Waals surface area contributed by atoms with E-state index >= 15 is 0 Å². The SMILES string of the molecule is CC(C)(CO)NC(=O)C(=O)c1cc(C(=O)Nc2ccc(F)c(F)c2)c2n1CCCC2. The molecule has 9 heteroatoms. The van der Waals surface area contributed by atoms with E-state index in [1.165, 1.54) is 12.1 Å². The molecule has 30 heavy (non-hydrogen) atoms. The van der Waals surface area contributed by atoms with Crippen LogP contribution in [0.5, 0.6) is 0 Å². The number of hydrogen-bond acceptors (Lipinski definition) is 4. The Balaban J connectivity index is 1.90. The standard InChI is InChI=1S/C21H23F2N3O4/c1-21(2,11-27)25-20(30)18(28)17-10-13(16-5-3-4-8-26(16)17)19(29)24-12-6-7-14(22)15(23)9-12/h6-7,9-10,27H,3-5,8,11H2,1-2H3,(H,24,29)(H,25,30). The van der Waals surface area contributed by atoms with Crippen LogP contribution in [0.1, 0.15) is 53.2 Å². The van der Waals surface area contributed by atoms with Gasteiger partial charge in [0, 0.05) is 24.0 Å². The Morgan fingerprint density at radius 1 is 1.13 bits per heavy atom. The minimum atomic E-state index is -1.09. The van der Waals surface area contributed by atoms with E-state index in [0.717, 1.165) is 25.0 Å². The lowest BCUT2D eigenvalue weighted by molar-refractivity contribution is -0.119. The van der Waals surface area contributed by atoms with E-state index in [1.807, 2.05) is 0 Å². The van der Waals surface area contributed by atoms with Gasteiger partial charge in [0.15, 0.2) is 11.6 Å². The van der Waals surface area contributed by atoms with Gasteiger partial charge in [-0.05, 0) is 51.3 Å². The van der Waals surface area contributed by atoms with Crippen LogP contribution in [0.15, 0.2) is 24.3 Å². The summed E-state index contributed by atoms with van der Waals surface area (Å²) in [6.45, 7) is 3.28. The highest BCUT2D eigenvalue weighted by Gasteiger charge is 2.31. The maximum absolute atomic E-state index is 13.4. The molecule has 7 nitrogen and oxygen atoms in total. The lowest BCUT2D eigenvalue weighted by Gasteiger charge is -2.23. The minimum absolute atomic E-state index is 0.0741. The van der Waals surface area contributed by atoms with Crippen molar-refractivity contribution in [1.82, 2.24) is 9.88 Å². The third-order valence-electron chi connectivity index (χ3n) is 4.96. The fourth-order valence-corrected chi connectivity index (χ4v) is 3.35. The van der Waals surface area contributed by atoms with Crippen LogP contribution in [0.4, 0.5) is 14.5 Å². The van der Waals surface area contributed by atoms with Gasteiger partial charge in [-0.15, -0.1) is 0 Å². The molecule has 0 fully saturated rings. The van der Waals surface area contributed by atoms with Crippen LogP contribution >= 0.6 is 0 Å². The number of carbonyl (C=O) groups excluding carboxylic acids is 3. The maximum Gasteiger partial charge on any atom is 0.294 e. The molecule has 0 saturated heterocycles. The number of anilines is 1. The molecule has 0 bridgehead atoms. The summed E-state index contributed by atoms with van der Waals surface area (Å²) in [5, 5.41) is 14.3. The van der Waals surface area contributed by atoms with Crippen molar-refractivity contribution < 1.29 is 28.3 Å². The average molecular weight is 419 g/mol. The quantitative estimate of drug-likeness (QED) is 0.495. The maximum atomic E-state index is 13.4. The number of hydrogen-bond donors (Lipinski definition) is 3. The highest BCUT2D eigenvalue weighted by atomic mass is 19.2. The number of aromatic nitrogens is 1. The molecule has 2 amide bonds. The van der Waals surface area contributed by atoms with E-state index in [2.05, 4.69) is 10.6 Å². The molecule has 0 spiro atoms. The van der Waals surface area contributed by atoms with E-state index in [9.17, 15) is 28.3 Å². The van der Waals surface area contributed by atoms with Crippen molar-refractivity contribution in [2.24, 2.45) is 0 Å². The summed E-state index contributed by atoms with van der Waals surface area (Å²) in [7, 11) is 0. The number of benzene rings is 1. The number of nitrogens with one attached hydrogen (secondary N) is 2. The molecule has 0 unspecified atom stereocenters. The summed E-state index contributed by atoms with van der Waals surface area (Å²) in [5.74, 6) is -4.40. The fourth-order valence-electron chi connectivity index (χ4n) is 3.35. The second-order valence-electron chi connectivity index (χ2n) is 7.91. The van der Waals surface area contributed by atoms with E-state index in [0.29, 0.717) is 18.7 Å². The number of aliphatic hydroxyl groups is 1. The Bertz CT molecular complexity index is 1010. The zero-order valence-corrected chi connectivity index (χ0v) is 16.7. The summed E-state index contributed by atoms with van der Waals surface area (Å²) < 4.78 is 28.2. The van der Waals surface area contributed by atoms with Gasteiger partial charge in [0.05, 0.1) is 23.4 Å². The molecule has 160 valence electrons. The van der Waals surface area contributed by atoms with Gasteiger partial charge in [-0.3, -0.25) is 14.4 Å². The Morgan fingerprint density at radius 2 is 1.87 bits per heavy atom. The summed E-state index contributed by atoms with van der Waals surface area (Å²) in [6, 6.07) is 4.35. The number of nitrogens with zero attached hydrogens (tertiary/aromatic N) is 1. The van der Waals surface area contributed by atoms with Crippen molar-refractivity contribution in [3.8, 4) is 0 Å². The van der Waals surface area contributed by atoms with Crippen LogP contribution < -0.4 is 10.6 Å². The van der Waals surface area contributed by atoms with Crippen LogP contribution in [0.3, 0.4) is 0 Å². The molecule has 1 aromatic heterocycles. The Labute approximate surface area is 172 Å². The molecule has 0 aliphatic carbocycles. The van der Waals surface area contributed by atoms with Gasteiger partial charge in [-0.2, -0.15) is 0 Å². The highest BCUT2D eigenvalue weighted by molar-refractivity contribution is 6.42. The number of carbonyl (C=O) groups is 3. The third kappa shape index (κ3) is 4.40. The zero-order valence-electron chi connectivity index (χ0n) is 16.7. The monoisotopic (exact) mass is 419 g/mol. The van der Waals surface area contributed by atoms with Gasteiger partial charge in [-0.25, -0.2) is 8.78 Å². The van der Waals surface area contributed by atoms with Crippen molar-refractivity contribution in [3.05, 3.63) is 52.9 Å². The Morgan fingerprint density at radius 3 is 2.53 bits per heavy atom. The second kappa shape index (κ2) is 8.35. The molecule has 1 aliphatic rings. The van der Waals surface area contributed by atoms with Crippen LogP contribution in [0.2, 0.25) is 0 Å². The van der Waals surface area contributed by atoms with Gasteiger partial charge < -0.3 is 20.3 Å². The molecule has 3 N–H and O–H groups in total. The number of Topliss-reactive ketones (excluding diaryl/α,β-unsaturated/α-hetero) is 1. The van der Waals surface area contributed by atoms with Gasteiger partial charge in [0.2, 0.25) is 0 Å². The van der Waals surface area contributed by atoms with Crippen molar-refractivity contribution in [1.29, 1.82) is 0 Å². The van der Waals surface area contributed by atoms with Gasteiger partial charge in [-0.1, -0.05) is 0 Å². The lowest BCUT2D eigenvalue weighted by Crippen LogP contribution is -2.49. The number of halogens is 2. The van der Waals surface area contributed by atoms with Crippen LogP contribution in [-0.2, 0) is 17.8 Å². The summed E-state index contributed by atoms with van der Waals surface area (Å²) in [6.07, 6.45) is 2.14. The van der Waals surface area contributed by atoms with E-state index in [-0.39, 0.29) is 23.6 Å². The molecule has 3 rings (SSSR count). The van der Waals surface area contributed by atoms with Crippen molar-refractivity contribution in [2.75, 3.05) is 11.9 Å². The van der Waals surface area contributed by atoms with Crippen LogP contribution in [-0.4, -0.2) is 39.4 Å². The summed E-state index contributed by atoms with van der Waals surface area (Å²) >= 11 is 0. The number of aliphatic hydroxyl groups excluding tert-OH is 1. The molecular weight excluding hydrogens is 396 g/mol. The van der Waals surface area contributed by atoms with Gasteiger partial charge in [0.25, 0.3) is 17.6 Å². The number of fused-ring (bicyclic) bond motifs is 1. The van der Waals surface area contributed by atoms with Gasteiger partial charge in [0.1, 0.15) is 0 Å². The lowest BCUT2D eigenvalue weighted by atomic mass is 10.1. The minimum Gasteiger partial charge on any atom is -0.394 e. The highest BCUT2D eigenvalue weighted by Crippen LogP contribution is 2.25. The van der Waals surface area contributed by atoms with E-state index in [1.54, 1.807) is 18.4 Å². The Hall–Kier alpha value is -3.07. The first-order valence-electron chi connectivity index (χ1n) is 9.59. The third-order valence-corrected chi connectivity index (χ3v) is 4.96. The summed E-state index contributed by atoms with van der Waals surface area (Å²) in [4.78, 5) is 37.9. The average Bonchev–Trinajstić information content (AvgIpc) is 3.09. The van der Waals surface area contributed by atoms with E-state index < -0.39 is 34.8 Å². The van der Waals surface area contributed by atoms with Crippen molar-refractivity contribution in [3.63, 3.8) is 0 Å². The van der Waals surface area contributed by atoms with Crippen molar-refractivity contribution >= 4 is 23.3 Å². The predicted molar refractivity (Wildman–Crippen MR) is 105 cm³/mol. The number of amides is 2. The number of ketones is 1. The molecule has 1 aliphatic heterocycles. The predicted octanol–water partition coefficient (Wildman–Crippen LogP) is 2.42. The van der Waals surface area contributed by atoms with Crippen LogP contribution in [0, 0.1) is 11.6 Å². The second-order valence-corrected chi connectivity index (χ2v) is 7.91. The molecular formula is C21H23F2N3O4.